The average molecular weight is 203 g/mol. The molecule has 0 saturated carbocycles. The van der Waals surface area contributed by atoms with Gasteiger partial charge in [-0.15, -0.1) is 0 Å². The van der Waals surface area contributed by atoms with Crippen LogP contribution in [0.5, 0.6) is 0 Å². The number of aromatic amines is 1. The Morgan fingerprint density at radius 3 is 2.67 bits per heavy atom. The van der Waals surface area contributed by atoms with Crippen molar-refractivity contribution in [3.8, 4) is 0 Å². The van der Waals surface area contributed by atoms with E-state index in [0.717, 1.165) is 6.54 Å². The van der Waals surface area contributed by atoms with E-state index in [1.54, 1.807) is 0 Å². The van der Waals surface area contributed by atoms with E-state index in [-0.39, 0.29) is 0 Å². The maximum atomic E-state index is 3.51. The molecule has 15 heavy (non-hydrogen) atoms. The Morgan fingerprint density at radius 2 is 2.00 bits per heavy atom. The van der Waals surface area contributed by atoms with Crippen LogP contribution in [0.4, 0.5) is 0 Å². The predicted octanol–water partition coefficient (Wildman–Crippen LogP) is 2.99. The summed E-state index contributed by atoms with van der Waals surface area (Å²) >= 11 is 0. The molecule has 1 aromatic heterocycles. The fourth-order valence-corrected chi connectivity index (χ4v) is 2.07. The van der Waals surface area contributed by atoms with Crippen LogP contribution in [0.25, 0.3) is 11.0 Å². The summed E-state index contributed by atoms with van der Waals surface area (Å²) in [4.78, 5) is 3.51. The highest BCUT2D eigenvalue weighted by Crippen LogP contribution is 2.15. The van der Waals surface area contributed by atoms with Gasteiger partial charge in [0.1, 0.15) is 0 Å². The van der Waals surface area contributed by atoms with Gasteiger partial charge in [-0.25, -0.2) is 9.55 Å². The van der Waals surface area contributed by atoms with Gasteiger partial charge in [0, 0.05) is 0 Å². The minimum Gasteiger partial charge on any atom is -0.241 e. The minimum absolute atomic E-state index is 0.545. The van der Waals surface area contributed by atoms with E-state index in [1.807, 2.05) is 0 Å². The molecule has 0 bridgehead atoms. The summed E-state index contributed by atoms with van der Waals surface area (Å²) in [5.74, 6) is 1.88. The smallest absolute Gasteiger partial charge is 0.241 e. The normalized spacial score (nSPS) is 11.5. The average Bonchev–Trinajstić information content (AvgIpc) is 2.58. The molecule has 0 radical (unpaired) electrons. The fourth-order valence-electron chi connectivity index (χ4n) is 2.07. The molecule has 0 unspecified atom stereocenters. The Kier molecular flexibility index (Phi) is 2.76. The zero-order chi connectivity index (χ0) is 10.8. The molecule has 0 aliphatic heterocycles. The molecule has 2 nitrogen and oxygen atoms in total. The van der Waals surface area contributed by atoms with Crippen LogP contribution in [0, 0.1) is 0 Å². The Bertz CT molecular complexity index is 455. The van der Waals surface area contributed by atoms with E-state index in [0.29, 0.717) is 5.92 Å². The van der Waals surface area contributed by atoms with Crippen LogP contribution in [-0.4, -0.2) is 4.98 Å². The van der Waals surface area contributed by atoms with E-state index in [1.165, 1.54) is 23.3 Å². The van der Waals surface area contributed by atoms with Gasteiger partial charge in [0.05, 0.1) is 12.5 Å². The Labute approximate surface area is 90.9 Å². The number of aromatic nitrogens is 2. The van der Waals surface area contributed by atoms with Gasteiger partial charge in [-0.1, -0.05) is 32.9 Å². The van der Waals surface area contributed by atoms with Gasteiger partial charge in [0.2, 0.25) is 0 Å². The molecule has 2 heteroatoms. The number of imidazole rings is 1. The van der Waals surface area contributed by atoms with Crippen LogP contribution in [0.1, 0.15) is 38.9 Å². The molecule has 1 heterocycles. The van der Waals surface area contributed by atoms with Crippen molar-refractivity contribution in [2.24, 2.45) is 0 Å². The summed E-state index contributed by atoms with van der Waals surface area (Å²) < 4.78 is 2.40. The Morgan fingerprint density at radius 1 is 1.27 bits per heavy atom. The fraction of sp³-hybridized carbons (Fsp3) is 0.462. The van der Waals surface area contributed by atoms with Crippen molar-refractivity contribution >= 4 is 11.0 Å². The highest BCUT2D eigenvalue weighted by atomic mass is 15.1. The monoisotopic (exact) mass is 203 g/mol. The van der Waals surface area contributed by atoms with Crippen molar-refractivity contribution in [2.75, 3.05) is 0 Å². The second-order valence-electron chi connectivity index (χ2n) is 4.33. The van der Waals surface area contributed by atoms with Crippen molar-refractivity contribution in [1.29, 1.82) is 0 Å². The number of nitrogens with one attached hydrogen (secondary N) is 1. The number of fused-ring (bicyclic) bond motifs is 1. The molecular weight excluding hydrogens is 184 g/mol. The highest BCUT2D eigenvalue weighted by Gasteiger charge is 2.19. The zero-order valence-corrected chi connectivity index (χ0v) is 9.75. The molecule has 0 atom stereocenters. The van der Waals surface area contributed by atoms with Gasteiger partial charge < -0.3 is 0 Å². The molecular formula is C13H19N2+. The number of hydrogen-bond donors (Lipinski definition) is 1. The van der Waals surface area contributed by atoms with Crippen LogP contribution in [0.15, 0.2) is 24.3 Å². The van der Waals surface area contributed by atoms with Crippen molar-refractivity contribution < 1.29 is 4.57 Å². The number of rotatable bonds is 3. The standard InChI is InChI=1S/C13H18N2/c1-4-9-15-12-8-6-5-7-11(12)14-13(15)10(2)3/h5-8,10H,4,9H2,1-3H3/p+1. The number of H-pyrrole nitrogens is 1. The van der Waals surface area contributed by atoms with Crippen LogP contribution >= 0.6 is 0 Å². The van der Waals surface area contributed by atoms with Crippen LogP contribution < -0.4 is 4.57 Å². The SMILES string of the molecule is CCC[n+]1c(C(C)C)[nH]c2ccccc21. The molecule has 0 aliphatic carbocycles. The van der Waals surface area contributed by atoms with E-state index in [4.69, 9.17) is 0 Å². The summed E-state index contributed by atoms with van der Waals surface area (Å²) in [7, 11) is 0. The molecule has 2 aromatic rings. The zero-order valence-electron chi connectivity index (χ0n) is 9.75. The van der Waals surface area contributed by atoms with Gasteiger partial charge in [0.15, 0.2) is 11.0 Å². The topological polar surface area (TPSA) is 19.7 Å². The Hall–Kier alpha value is -1.31. The first-order chi connectivity index (χ1) is 7.24. The lowest BCUT2D eigenvalue weighted by atomic mass is 10.2. The largest absolute Gasteiger partial charge is 0.257 e. The van der Waals surface area contributed by atoms with Gasteiger partial charge in [-0.3, -0.25) is 0 Å². The number of para-hydroxylation sites is 2. The molecule has 1 N–H and O–H groups in total. The minimum atomic E-state index is 0.545. The summed E-state index contributed by atoms with van der Waals surface area (Å²) in [6.07, 6.45) is 1.17. The van der Waals surface area contributed by atoms with Crippen molar-refractivity contribution in [1.82, 2.24) is 4.98 Å². The molecule has 0 spiro atoms. The molecule has 2 rings (SSSR count). The maximum absolute atomic E-state index is 3.51. The van der Waals surface area contributed by atoms with E-state index >= 15 is 0 Å². The second-order valence-corrected chi connectivity index (χ2v) is 4.33. The molecule has 0 fully saturated rings. The molecule has 80 valence electrons. The summed E-state index contributed by atoms with van der Waals surface area (Å²) in [5, 5.41) is 0. The molecule has 1 aromatic carbocycles. The Balaban J connectivity index is 2.63. The van der Waals surface area contributed by atoms with Crippen molar-refractivity contribution in [2.45, 2.75) is 39.7 Å². The molecule has 0 amide bonds. The first-order valence-corrected chi connectivity index (χ1v) is 5.74. The van der Waals surface area contributed by atoms with Crippen molar-refractivity contribution in [3.05, 3.63) is 30.1 Å². The quantitative estimate of drug-likeness (QED) is 0.740. The molecule has 0 saturated heterocycles. The lowest BCUT2D eigenvalue weighted by Gasteiger charge is -2.01. The summed E-state index contributed by atoms with van der Waals surface area (Å²) in [5.41, 5.74) is 2.57. The first kappa shape index (κ1) is 10.2. The van der Waals surface area contributed by atoms with Gasteiger partial charge in [0.25, 0.3) is 5.82 Å². The van der Waals surface area contributed by atoms with Gasteiger partial charge in [-0.05, 0) is 18.6 Å². The second kappa shape index (κ2) is 4.05. The van der Waals surface area contributed by atoms with Crippen LogP contribution in [0.3, 0.4) is 0 Å². The van der Waals surface area contributed by atoms with Gasteiger partial charge in [-0.2, -0.15) is 0 Å². The first-order valence-electron chi connectivity index (χ1n) is 5.74. The molecule has 0 aliphatic rings. The lowest BCUT2D eigenvalue weighted by molar-refractivity contribution is -0.679. The number of aryl methyl sites for hydroxylation is 1. The van der Waals surface area contributed by atoms with E-state index in [2.05, 4.69) is 54.6 Å². The third-order valence-corrected chi connectivity index (χ3v) is 2.74. The summed E-state index contributed by atoms with van der Waals surface area (Å²) in [6.45, 7) is 7.78. The number of hydrogen-bond acceptors (Lipinski definition) is 0. The van der Waals surface area contributed by atoms with Crippen LogP contribution in [-0.2, 0) is 6.54 Å². The van der Waals surface area contributed by atoms with E-state index in [9.17, 15) is 0 Å². The van der Waals surface area contributed by atoms with Crippen LogP contribution in [0.2, 0.25) is 0 Å². The summed E-state index contributed by atoms with van der Waals surface area (Å²) in [6, 6.07) is 8.52. The number of nitrogens with zero attached hydrogens (tertiary/aromatic N) is 1. The number of benzene rings is 1. The maximum Gasteiger partial charge on any atom is 0.257 e. The van der Waals surface area contributed by atoms with Crippen molar-refractivity contribution in [3.63, 3.8) is 0 Å². The third kappa shape index (κ3) is 1.76. The third-order valence-electron chi connectivity index (χ3n) is 2.74. The van der Waals surface area contributed by atoms with Gasteiger partial charge >= 0.3 is 0 Å². The highest BCUT2D eigenvalue weighted by molar-refractivity contribution is 5.71. The lowest BCUT2D eigenvalue weighted by Crippen LogP contribution is -2.37. The predicted molar refractivity (Wildman–Crippen MR) is 62.9 cm³/mol. The van der Waals surface area contributed by atoms with E-state index < -0.39 is 0 Å².